The fourth-order valence-corrected chi connectivity index (χ4v) is 15.0. The highest BCUT2D eigenvalue weighted by atomic mass is 16.8. The van der Waals surface area contributed by atoms with Crippen LogP contribution in [0.4, 0.5) is 0 Å². The molecule has 19 nitrogen and oxygen atoms in total. The van der Waals surface area contributed by atoms with Crippen LogP contribution in [0.2, 0.25) is 0 Å². The number of aliphatic hydroxyl groups is 11. The van der Waals surface area contributed by atoms with Crippen LogP contribution in [0.15, 0.2) is 72.9 Å². The van der Waals surface area contributed by atoms with Crippen molar-refractivity contribution in [2.24, 2.45) is 0 Å². The first-order chi connectivity index (χ1) is 53.3. The van der Waals surface area contributed by atoms with E-state index in [0.29, 0.717) is 12.8 Å². The van der Waals surface area contributed by atoms with Crippen LogP contribution >= 0.6 is 0 Å². The van der Waals surface area contributed by atoms with Gasteiger partial charge >= 0.3 is 0 Å². The van der Waals surface area contributed by atoms with Gasteiger partial charge in [-0.3, -0.25) is 4.79 Å². The molecule has 3 rings (SSSR count). The minimum Gasteiger partial charge on any atom is -0.394 e. The second-order valence-electron chi connectivity index (χ2n) is 31.7. The SMILES string of the molecule is CC/C=C\C/C=C\C/C=C\C/C=C\C/C=C\C/C=C\CCCCCCCCCCCCCCCCCCC(=O)NC(COC1OC(CO)C(OC2OC(CO)C(OC3OC(CO)C(O)C(O)C3O)C(O)C2O)C(O)C1O)C(O)CCCCCCCCCCCCCCCCCCCCCCCCCCCCCCC. The number of carbonyl (C=O) groups excluding carboxylic acids is 1. The van der Waals surface area contributed by atoms with Crippen LogP contribution in [-0.2, 0) is 33.2 Å². The molecule has 0 aromatic carbocycles. The van der Waals surface area contributed by atoms with Gasteiger partial charge in [0, 0.05) is 6.42 Å². The molecule has 0 spiro atoms. The van der Waals surface area contributed by atoms with E-state index < -0.39 is 124 Å². The number of carbonyl (C=O) groups is 1. The summed E-state index contributed by atoms with van der Waals surface area (Å²) >= 11 is 0. The maximum atomic E-state index is 13.5. The maximum Gasteiger partial charge on any atom is 0.220 e. The van der Waals surface area contributed by atoms with Gasteiger partial charge < -0.3 is 89.9 Å². The normalized spacial score (nSPS) is 25.6. The molecular weight excluding hydrogens is 1380 g/mol. The molecule has 0 aromatic rings. The number of unbranched alkanes of at least 4 members (excludes halogenated alkanes) is 44. The van der Waals surface area contributed by atoms with Crippen molar-refractivity contribution in [2.75, 3.05) is 26.4 Å². The molecule has 3 aliphatic rings. The Morgan fingerprint density at radius 1 is 0.339 bits per heavy atom. The first-order valence-corrected chi connectivity index (χ1v) is 44.7. The van der Waals surface area contributed by atoms with E-state index in [9.17, 15) is 61.0 Å². The van der Waals surface area contributed by atoms with E-state index in [4.69, 9.17) is 28.4 Å². The molecule has 0 radical (unpaired) electrons. The molecule has 17 unspecified atom stereocenters. The van der Waals surface area contributed by atoms with E-state index in [0.717, 1.165) is 83.5 Å². The van der Waals surface area contributed by atoms with Gasteiger partial charge in [0.1, 0.15) is 73.2 Å². The van der Waals surface area contributed by atoms with Crippen molar-refractivity contribution in [3.05, 3.63) is 72.9 Å². The van der Waals surface area contributed by atoms with Gasteiger partial charge in [0.05, 0.1) is 38.6 Å². The highest BCUT2D eigenvalue weighted by Gasteiger charge is 2.54. The minimum atomic E-state index is -1.98. The molecule has 0 bridgehead atoms. The van der Waals surface area contributed by atoms with Gasteiger partial charge in [-0.1, -0.05) is 363 Å². The van der Waals surface area contributed by atoms with E-state index in [1.54, 1.807) is 0 Å². The van der Waals surface area contributed by atoms with Crippen LogP contribution in [-0.4, -0.2) is 193 Å². The zero-order chi connectivity index (χ0) is 78.8. The van der Waals surface area contributed by atoms with Gasteiger partial charge in [-0.05, 0) is 64.2 Å². The molecule has 109 heavy (non-hydrogen) atoms. The molecule has 636 valence electrons. The predicted octanol–water partition coefficient (Wildman–Crippen LogP) is 16.7. The van der Waals surface area contributed by atoms with Gasteiger partial charge in [0.15, 0.2) is 18.9 Å². The van der Waals surface area contributed by atoms with Crippen molar-refractivity contribution in [2.45, 2.75) is 465 Å². The summed E-state index contributed by atoms with van der Waals surface area (Å²) in [5.74, 6) is -0.239. The predicted molar refractivity (Wildman–Crippen MR) is 438 cm³/mol. The highest BCUT2D eigenvalue weighted by Crippen LogP contribution is 2.34. The first kappa shape index (κ1) is 100. The average molecular weight is 1550 g/mol. The first-order valence-electron chi connectivity index (χ1n) is 44.7. The topological polar surface area (TPSA) is 307 Å². The number of ether oxygens (including phenoxy) is 6. The Morgan fingerprint density at radius 2 is 0.633 bits per heavy atom. The average Bonchev–Trinajstić information content (AvgIpc) is 0.749. The number of hydrogen-bond donors (Lipinski definition) is 12. The Bertz CT molecular complexity index is 2250. The molecular formula is C90H163NO18. The lowest BCUT2D eigenvalue weighted by Crippen LogP contribution is -2.66. The van der Waals surface area contributed by atoms with E-state index in [1.165, 1.54) is 244 Å². The Balaban J connectivity index is 1.32. The molecule has 3 saturated heterocycles. The fraction of sp³-hybridized carbons (Fsp3) is 0.856. The molecule has 0 aromatic heterocycles. The summed E-state index contributed by atoms with van der Waals surface area (Å²) in [4.78, 5) is 13.5. The number of rotatable bonds is 72. The molecule has 19 heteroatoms. The Kier molecular flexibility index (Phi) is 64.1. The Hall–Kier alpha value is -2.77. The van der Waals surface area contributed by atoms with Crippen molar-refractivity contribution in [1.82, 2.24) is 5.32 Å². The molecule has 3 fully saturated rings. The van der Waals surface area contributed by atoms with Crippen molar-refractivity contribution in [1.29, 1.82) is 0 Å². The van der Waals surface area contributed by atoms with Crippen LogP contribution in [0.5, 0.6) is 0 Å². The molecule has 3 heterocycles. The van der Waals surface area contributed by atoms with E-state index >= 15 is 0 Å². The lowest BCUT2D eigenvalue weighted by molar-refractivity contribution is -0.379. The molecule has 1 amide bonds. The largest absolute Gasteiger partial charge is 0.394 e. The third kappa shape index (κ3) is 48.4. The molecule has 12 N–H and O–H groups in total. The summed E-state index contributed by atoms with van der Waals surface area (Å²) in [7, 11) is 0. The van der Waals surface area contributed by atoms with Gasteiger partial charge in [0.25, 0.3) is 0 Å². The summed E-state index contributed by atoms with van der Waals surface area (Å²) in [5, 5.41) is 121. The summed E-state index contributed by atoms with van der Waals surface area (Å²) in [6.07, 6.45) is 65.7. The standard InChI is InChI=1S/C90H163NO18/c1-3-5-7-9-11-13-15-17-19-21-23-25-27-29-31-33-34-35-36-37-38-40-42-44-46-48-50-52-54-56-58-60-62-64-66-68-78(96)91-73(74(95)67-65-63-61-59-57-55-53-51-49-47-45-43-41-39-32-30-28-26-24-22-20-18-16-14-12-10-8-6-4-2)72-104-88-84(102)81(99)86(76(70-93)106-88)109-90-85(103)82(100)87(77(71-94)107-90)108-89-83(101)80(98)79(97)75(69-92)105-89/h5,7,11,13,17,19,23,25,29,31,34-35,73-77,79-90,92-95,97-103H,3-4,6,8-10,12,14-16,18,20-22,24,26-28,30,32-33,36-72H2,1-2H3,(H,91,96)/b7-5-,13-11-,19-17-,25-23-,31-29-,35-34-. The lowest BCUT2D eigenvalue weighted by atomic mass is 9.96. The van der Waals surface area contributed by atoms with Crippen LogP contribution in [0.25, 0.3) is 0 Å². The second kappa shape index (κ2) is 69.5. The molecule has 17 atom stereocenters. The summed E-state index contributed by atoms with van der Waals surface area (Å²) in [5.41, 5.74) is 0. The van der Waals surface area contributed by atoms with Gasteiger partial charge in [-0.2, -0.15) is 0 Å². The lowest BCUT2D eigenvalue weighted by Gasteiger charge is -2.48. The van der Waals surface area contributed by atoms with Gasteiger partial charge in [0.2, 0.25) is 5.91 Å². The fourth-order valence-electron chi connectivity index (χ4n) is 15.0. The minimum absolute atomic E-state index is 0.239. The monoisotopic (exact) mass is 1550 g/mol. The Morgan fingerprint density at radius 3 is 0.991 bits per heavy atom. The third-order valence-electron chi connectivity index (χ3n) is 22.0. The van der Waals surface area contributed by atoms with Gasteiger partial charge in [-0.25, -0.2) is 0 Å². The summed E-state index contributed by atoms with van der Waals surface area (Å²) < 4.78 is 34.6. The molecule has 0 aliphatic carbocycles. The van der Waals surface area contributed by atoms with E-state index in [-0.39, 0.29) is 18.9 Å². The van der Waals surface area contributed by atoms with Gasteiger partial charge in [-0.15, -0.1) is 0 Å². The van der Waals surface area contributed by atoms with Crippen LogP contribution in [0.1, 0.15) is 361 Å². The van der Waals surface area contributed by atoms with E-state index in [1.807, 2.05) is 0 Å². The van der Waals surface area contributed by atoms with E-state index in [2.05, 4.69) is 92.1 Å². The molecule has 0 saturated carbocycles. The quantitative estimate of drug-likeness (QED) is 0.0199. The maximum absolute atomic E-state index is 13.5. The number of amides is 1. The highest BCUT2D eigenvalue weighted by molar-refractivity contribution is 5.76. The van der Waals surface area contributed by atoms with Crippen molar-refractivity contribution in [3.8, 4) is 0 Å². The summed E-state index contributed by atoms with van der Waals surface area (Å²) in [6.45, 7) is 1.74. The number of nitrogens with one attached hydrogen (secondary N) is 1. The van der Waals surface area contributed by atoms with Crippen molar-refractivity contribution in [3.63, 3.8) is 0 Å². The number of allylic oxidation sites excluding steroid dienone is 12. The van der Waals surface area contributed by atoms with Crippen molar-refractivity contribution >= 4 is 5.91 Å². The van der Waals surface area contributed by atoms with Crippen molar-refractivity contribution < 1.29 is 89.4 Å². The smallest absolute Gasteiger partial charge is 0.220 e. The number of hydrogen-bond acceptors (Lipinski definition) is 18. The van der Waals surface area contributed by atoms with Crippen LogP contribution < -0.4 is 5.32 Å². The van der Waals surface area contributed by atoms with Crippen LogP contribution in [0.3, 0.4) is 0 Å². The zero-order valence-corrected chi connectivity index (χ0v) is 68.5. The zero-order valence-electron chi connectivity index (χ0n) is 68.5. The molecule has 3 aliphatic heterocycles. The summed E-state index contributed by atoms with van der Waals surface area (Å²) in [6, 6.07) is -0.892. The number of aliphatic hydroxyl groups excluding tert-OH is 11. The second-order valence-corrected chi connectivity index (χ2v) is 31.7. The van der Waals surface area contributed by atoms with Crippen LogP contribution in [0, 0.1) is 0 Å². The third-order valence-corrected chi connectivity index (χ3v) is 22.0. The Labute approximate surface area is 661 Å².